The maximum atomic E-state index is 14.4. The molecule has 0 spiro atoms. The molecule has 648 valence electrons. The van der Waals surface area contributed by atoms with Gasteiger partial charge in [-0.15, -0.1) is 0 Å². The number of nitrogens with two attached hydrogens (primary N) is 3. The van der Waals surface area contributed by atoms with Crippen molar-refractivity contribution in [1.82, 2.24) is 77.2 Å². The topological polar surface area (TPSA) is 759 Å². The second-order valence-corrected chi connectivity index (χ2v) is 34.8. The largest absolute Gasteiger partial charge is 0.472 e. The number of aliphatic hydroxyl groups is 2. The van der Waals surface area contributed by atoms with Crippen LogP contribution in [0.4, 0.5) is 17.6 Å². The van der Waals surface area contributed by atoms with E-state index in [0.717, 1.165) is 49.5 Å². The molecule has 119 heavy (non-hydrogen) atoms. The Morgan fingerprint density at radius 1 is 0.429 bits per heavy atom. The molecular weight excluding hydrogens is 1710 g/mol. The van der Waals surface area contributed by atoms with Crippen molar-refractivity contribution in [3.8, 4) is 0 Å². The summed E-state index contributed by atoms with van der Waals surface area (Å²) in [7, 11) is -27.5. The van der Waals surface area contributed by atoms with E-state index in [1.54, 1.807) is 0 Å². The van der Waals surface area contributed by atoms with Crippen molar-refractivity contribution in [3.05, 3.63) is 150 Å². The zero-order valence-corrected chi connectivity index (χ0v) is 66.3. The van der Waals surface area contributed by atoms with Crippen LogP contribution in [0.1, 0.15) is 92.6 Å². The SMILES string of the molecule is Cc1cn([C@H]2C[C@H](OP(=O)(O)OC[C@H]3O[C@@H](n4cnc5c(=O)[nH]c(N)nc54)C[C@@H]3OP(=O)(O)OC[C@H]3O[C@@H](n4cc(C)c(=O)[nH]c4=O)C[C@@H]3O)[C@@H](COP(=O)(O)O[C@H]3C[C@H](n4ccc(N)nc4=O)O[C@@H]3COP(=O)(O)O[C@H]3C[C@H](n4cc(C)c(=O)[nH]c4=O)O[C@@H]3COP(=O)(O)O[C@H]3C[C@H](n4cnc5c(N)ncnc54)O[C@@H]3CO)O2)c(=O)[nH]c1=O. The molecular formula is C59H76N19O36P5. The van der Waals surface area contributed by atoms with E-state index in [4.69, 9.17) is 90.9 Å². The van der Waals surface area contributed by atoms with Crippen LogP contribution >= 0.6 is 39.1 Å². The van der Waals surface area contributed by atoms with Crippen molar-refractivity contribution in [3.63, 3.8) is 0 Å². The Hall–Kier alpha value is -8.55. The van der Waals surface area contributed by atoms with E-state index in [2.05, 4.69) is 49.8 Å². The molecule has 5 unspecified atom stereocenters. The molecule has 55 nitrogen and oxygen atoms in total. The number of hydrogen-bond acceptors (Lipinski definition) is 40. The summed E-state index contributed by atoms with van der Waals surface area (Å²) in [4.78, 5) is 192. The van der Waals surface area contributed by atoms with Gasteiger partial charge in [-0.2, -0.15) is 9.97 Å². The van der Waals surface area contributed by atoms with Gasteiger partial charge in [0, 0.05) is 80.0 Å². The number of aromatic nitrogens is 16. The van der Waals surface area contributed by atoms with Gasteiger partial charge < -0.3 is 80.3 Å². The van der Waals surface area contributed by atoms with E-state index < -0.39 is 260 Å². The van der Waals surface area contributed by atoms with Gasteiger partial charge in [-0.05, 0) is 26.8 Å². The Kier molecular flexibility index (Phi) is 25.1. The fourth-order valence-electron chi connectivity index (χ4n) is 13.8. The molecule has 0 radical (unpaired) electrons. The Morgan fingerprint density at radius 2 is 0.773 bits per heavy atom. The third kappa shape index (κ3) is 19.7. The molecule has 14 heterocycles. The van der Waals surface area contributed by atoms with Crippen LogP contribution in [0.3, 0.4) is 0 Å². The highest BCUT2D eigenvalue weighted by Gasteiger charge is 2.52. The van der Waals surface area contributed by atoms with E-state index in [1.165, 1.54) is 48.5 Å². The third-order valence-corrected chi connectivity index (χ3v) is 24.7. The van der Waals surface area contributed by atoms with Gasteiger partial charge in [0.25, 0.3) is 22.2 Å². The number of rotatable bonds is 32. The summed E-state index contributed by atoms with van der Waals surface area (Å²) in [6.45, 7) is -1.99. The first-order valence-corrected chi connectivity index (χ1v) is 43.1. The molecule has 6 saturated heterocycles. The molecule has 0 saturated carbocycles. The van der Waals surface area contributed by atoms with Gasteiger partial charge in [0.2, 0.25) is 5.95 Å². The number of imidazole rings is 2. The first-order valence-electron chi connectivity index (χ1n) is 35.6. The molecule has 0 aromatic carbocycles. The van der Waals surface area contributed by atoms with Crippen LogP contribution < -0.4 is 62.2 Å². The predicted molar refractivity (Wildman–Crippen MR) is 391 cm³/mol. The lowest BCUT2D eigenvalue weighted by atomic mass is 10.2. The van der Waals surface area contributed by atoms with Crippen LogP contribution in [-0.2, 0) is 96.5 Å². The number of hydrogen-bond donors (Lipinski definition) is 14. The van der Waals surface area contributed by atoms with Crippen LogP contribution in [-0.4, -0.2) is 225 Å². The van der Waals surface area contributed by atoms with Gasteiger partial charge in [0.15, 0.2) is 22.6 Å². The second kappa shape index (κ2) is 34.4. The van der Waals surface area contributed by atoms with E-state index >= 15 is 0 Å². The van der Waals surface area contributed by atoms with Crippen molar-refractivity contribution in [1.29, 1.82) is 0 Å². The Bertz CT molecular complexity index is 5930. The number of H-pyrrole nitrogens is 4. The lowest BCUT2D eigenvalue weighted by Crippen LogP contribution is -2.33. The van der Waals surface area contributed by atoms with E-state index in [-0.39, 0.29) is 69.4 Å². The highest BCUT2D eigenvalue weighted by atomic mass is 31.2. The van der Waals surface area contributed by atoms with Gasteiger partial charge >= 0.3 is 61.9 Å². The Balaban J connectivity index is 0.659. The number of fused-ring (bicyclic) bond motifs is 2. The van der Waals surface area contributed by atoms with Crippen molar-refractivity contribution >= 4 is 79.0 Å². The maximum Gasteiger partial charge on any atom is 0.472 e. The number of aromatic amines is 4. The molecule has 23 atom stereocenters. The summed E-state index contributed by atoms with van der Waals surface area (Å²) >= 11 is 0. The molecule has 14 rings (SSSR count). The van der Waals surface area contributed by atoms with Gasteiger partial charge in [-0.25, -0.2) is 61.9 Å². The zero-order valence-electron chi connectivity index (χ0n) is 61.8. The summed E-state index contributed by atoms with van der Waals surface area (Å²) in [5, 5.41) is 21.1. The summed E-state index contributed by atoms with van der Waals surface area (Å²) in [6.07, 6.45) is -22.4. The van der Waals surface area contributed by atoms with Gasteiger partial charge in [-0.1, -0.05) is 0 Å². The number of aryl methyl sites for hydroxylation is 3. The average Bonchev–Trinajstić information content (AvgIpc) is 1.64. The standard InChI is InChI=1S/C59H76N19O36P5/c1-24-12-74(57(86)70-51(24)81)40-6-27(80)34(105-40)16-99-115(89,90)114-32-11-45(78-23-66-47-50(78)68-55(62)69-54(47)84)109-38(32)20-103-119(97,98)113-31-10-43(76-14-26(3)53(83)72-59(76)88)108-37(31)19-102-117(93,94)111-29-8-41(73-5-4-39(60)67-56(73)85)106-35(29)17-101-118(95,96)112-30-9-42(75-13-25(2)52(82)71-58(75)87)107-36(30)18-100-116(91,92)110-28-7-44(104-33(28)15-79)77-22-65-46-48(61)63-21-64-49(46)77/h4-5,12-14,21-23,27-38,40-45,79-80H,6-11,15-20H2,1-3H3,(H,89,90)(H,91,92)(H,93,94)(H,95,96)(H,97,98)(H2,60,67,85)(H2,61,63,64)(H,70,81,86)(H,71,82,87)(H,72,83,88)(H3,62,68,69,84)/t27-,28-,29-,30-,31-,32-,33+,34+,35+,36+,37+,38+,40+,41+,42+,43+,44+,45+/m0/s1. The maximum absolute atomic E-state index is 14.4. The number of nitrogen functional groups attached to an aromatic ring is 3. The quantitative estimate of drug-likeness (QED) is 0.0188. The lowest BCUT2D eigenvalue weighted by Gasteiger charge is -2.26. The van der Waals surface area contributed by atoms with Crippen molar-refractivity contribution in [2.45, 2.75) is 170 Å². The van der Waals surface area contributed by atoms with Gasteiger partial charge in [0.05, 0.1) is 58.4 Å². The van der Waals surface area contributed by atoms with Gasteiger partial charge in [-0.3, -0.25) is 112 Å². The molecule has 0 aliphatic carbocycles. The molecule has 8 aromatic heterocycles. The van der Waals surface area contributed by atoms with Crippen LogP contribution in [0.15, 0.2) is 88.2 Å². The predicted octanol–water partition coefficient (Wildman–Crippen LogP) is -2.87. The normalized spacial score (nSPS) is 29.8. The summed E-state index contributed by atoms with van der Waals surface area (Å²) in [5.74, 6) is -0.592. The molecule has 6 fully saturated rings. The zero-order chi connectivity index (χ0) is 85.3. The monoisotopic (exact) mass is 1780 g/mol. The number of phosphoric ester groups is 5. The van der Waals surface area contributed by atoms with Crippen LogP contribution in [0.2, 0.25) is 0 Å². The summed E-state index contributed by atoms with van der Waals surface area (Å²) in [6, 6.07) is 1.17. The van der Waals surface area contributed by atoms with Gasteiger partial charge in [0.1, 0.15) is 122 Å². The lowest BCUT2D eigenvalue weighted by molar-refractivity contribution is -0.0653. The molecule has 60 heteroatoms. The van der Waals surface area contributed by atoms with E-state index in [0.29, 0.717) is 0 Å². The van der Waals surface area contributed by atoms with E-state index in [1.807, 2.05) is 0 Å². The highest BCUT2D eigenvalue weighted by Crippen LogP contribution is 2.56. The third-order valence-electron chi connectivity index (χ3n) is 19.6. The van der Waals surface area contributed by atoms with Crippen LogP contribution in [0.25, 0.3) is 22.3 Å². The molecule has 0 amide bonds. The molecule has 0 bridgehead atoms. The average molecular weight is 1780 g/mol. The minimum atomic E-state index is -5.67. The second-order valence-electron chi connectivity index (χ2n) is 27.8. The number of anilines is 3. The Morgan fingerprint density at radius 3 is 1.18 bits per heavy atom. The Labute approximate surface area is 661 Å². The van der Waals surface area contributed by atoms with Crippen molar-refractivity contribution in [2.75, 3.05) is 56.8 Å². The van der Waals surface area contributed by atoms with Crippen LogP contribution in [0.5, 0.6) is 0 Å². The fraction of sp³-hybridized carbons (Fsp3) is 0.559. The van der Waals surface area contributed by atoms with E-state index in [9.17, 15) is 95.9 Å². The molecule has 17 N–H and O–H groups in total. The summed E-state index contributed by atoms with van der Waals surface area (Å²) < 4.78 is 167. The van der Waals surface area contributed by atoms with Crippen molar-refractivity contribution < 1.29 is 131 Å². The number of nitrogens with zero attached hydrogens (tertiary/aromatic N) is 12. The summed E-state index contributed by atoms with van der Waals surface area (Å²) in [5.41, 5.74) is 10.4. The smallest absolute Gasteiger partial charge is 0.394 e. The van der Waals surface area contributed by atoms with Crippen LogP contribution in [0, 0.1) is 20.8 Å². The number of nitrogens with one attached hydrogen (secondary N) is 4. The molecule has 6 aliphatic rings. The minimum absolute atomic E-state index is 0.00871. The number of aliphatic hydroxyl groups excluding tert-OH is 2. The molecule has 8 aromatic rings. The number of phosphoric acid groups is 5. The fourth-order valence-corrected chi connectivity index (χ4v) is 18.6. The van der Waals surface area contributed by atoms with Crippen molar-refractivity contribution in [2.24, 2.45) is 0 Å². The first-order chi connectivity index (χ1) is 56.1. The highest BCUT2D eigenvalue weighted by molar-refractivity contribution is 7.48. The molecule has 6 aliphatic heterocycles. The number of ether oxygens (including phenoxy) is 6. The first kappa shape index (κ1) is 86.8. The minimum Gasteiger partial charge on any atom is -0.394 e.